The van der Waals surface area contributed by atoms with Crippen LogP contribution in [-0.4, -0.2) is 38.1 Å². The molecule has 1 aliphatic heterocycles. The Morgan fingerprint density at radius 2 is 1.94 bits per heavy atom. The lowest BCUT2D eigenvalue weighted by Crippen LogP contribution is -2.31. The van der Waals surface area contributed by atoms with Crippen molar-refractivity contribution in [3.05, 3.63) is 29.8 Å². The van der Waals surface area contributed by atoms with E-state index in [2.05, 4.69) is 55.1 Å². The maximum absolute atomic E-state index is 2.49. The number of likely N-dealkylation sites (N-methyl/N-ethyl adjacent to an activating group) is 1. The van der Waals surface area contributed by atoms with Gasteiger partial charge in [-0.3, -0.25) is 0 Å². The molecule has 2 rings (SSSR count). The third-order valence-electron chi connectivity index (χ3n) is 3.60. The zero-order valence-electron chi connectivity index (χ0n) is 10.6. The molecule has 0 aliphatic carbocycles. The molecule has 0 aromatic heterocycles. The van der Waals surface area contributed by atoms with Crippen LogP contribution in [-0.2, 0) is 6.42 Å². The Morgan fingerprint density at radius 1 is 1.25 bits per heavy atom. The van der Waals surface area contributed by atoms with Gasteiger partial charge in [0.1, 0.15) is 0 Å². The van der Waals surface area contributed by atoms with Crippen molar-refractivity contribution in [2.45, 2.75) is 25.8 Å². The van der Waals surface area contributed by atoms with Gasteiger partial charge in [0, 0.05) is 24.8 Å². The lowest BCUT2D eigenvalue weighted by atomic mass is 10.1. The van der Waals surface area contributed by atoms with Crippen molar-refractivity contribution in [3.8, 4) is 0 Å². The summed E-state index contributed by atoms with van der Waals surface area (Å²) in [5, 5.41) is 0. The Balaban J connectivity index is 2.03. The SMILES string of the molecule is CCc1ccc(N2CC[C@H](N(C)C)C2)cc1. The second-order valence-corrected chi connectivity index (χ2v) is 4.87. The van der Waals surface area contributed by atoms with Crippen molar-refractivity contribution in [2.75, 3.05) is 32.1 Å². The monoisotopic (exact) mass is 218 g/mol. The maximum Gasteiger partial charge on any atom is 0.0366 e. The van der Waals surface area contributed by atoms with Gasteiger partial charge in [0.25, 0.3) is 0 Å². The summed E-state index contributed by atoms with van der Waals surface area (Å²) < 4.78 is 0. The summed E-state index contributed by atoms with van der Waals surface area (Å²) in [5.41, 5.74) is 2.80. The second-order valence-electron chi connectivity index (χ2n) is 4.87. The predicted molar refractivity (Wildman–Crippen MR) is 70.1 cm³/mol. The summed E-state index contributed by atoms with van der Waals surface area (Å²) in [7, 11) is 4.35. The third kappa shape index (κ3) is 2.38. The van der Waals surface area contributed by atoms with E-state index >= 15 is 0 Å². The van der Waals surface area contributed by atoms with Gasteiger partial charge in [-0.2, -0.15) is 0 Å². The molecule has 1 aromatic rings. The summed E-state index contributed by atoms with van der Waals surface area (Å²) in [6.07, 6.45) is 2.41. The van der Waals surface area contributed by atoms with Crippen LogP contribution in [0.4, 0.5) is 5.69 Å². The van der Waals surface area contributed by atoms with E-state index in [9.17, 15) is 0 Å². The fourth-order valence-electron chi connectivity index (χ4n) is 2.34. The van der Waals surface area contributed by atoms with Crippen molar-refractivity contribution in [3.63, 3.8) is 0 Å². The van der Waals surface area contributed by atoms with Crippen LogP contribution in [0.1, 0.15) is 18.9 Å². The standard InChI is InChI=1S/C14H22N2/c1-4-12-5-7-13(8-6-12)16-10-9-14(11-16)15(2)3/h5-8,14H,4,9-11H2,1-3H3/t14-/m0/s1. The van der Waals surface area contributed by atoms with Crippen LogP contribution in [0.25, 0.3) is 0 Å². The highest BCUT2D eigenvalue weighted by atomic mass is 15.2. The maximum atomic E-state index is 2.49. The number of anilines is 1. The predicted octanol–water partition coefficient (Wildman–Crippen LogP) is 2.39. The molecule has 0 N–H and O–H groups in total. The molecule has 1 aliphatic rings. The van der Waals surface area contributed by atoms with Gasteiger partial charge in [0.2, 0.25) is 0 Å². The minimum atomic E-state index is 0.714. The smallest absolute Gasteiger partial charge is 0.0366 e. The van der Waals surface area contributed by atoms with Crippen LogP contribution >= 0.6 is 0 Å². The van der Waals surface area contributed by atoms with Crippen LogP contribution in [0.2, 0.25) is 0 Å². The van der Waals surface area contributed by atoms with Crippen molar-refractivity contribution in [2.24, 2.45) is 0 Å². The quantitative estimate of drug-likeness (QED) is 0.768. The largest absolute Gasteiger partial charge is 0.370 e. The lowest BCUT2D eigenvalue weighted by Gasteiger charge is -2.22. The van der Waals surface area contributed by atoms with Crippen LogP contribution in [0, 0.1) is 0 Å². The fraction of sp³-hybridized carbons (Fsp3) is 0.571. The molecule has 1 saturated heterocycles. The van der Waals surface area contributed by atoms with Gasteiger partial charge >= 0.3 is 0 Å². The van der Waals surface area contributed by atoms with Crippen LogP contribution < -0.4 is 4.90 Å². The van der Waals surface area contributed by atoms with Gasteiger partial charge in [0.05, 0.1) is 0 Å². The summed E-state index contributed by atoms with van der Waals surface area (Å²) >= 11 is 0. The van der Waals surface area contributed by atoms with Crippen LogP contribution in [0.15, 0.2) is 24.3 Å². The molecule has 16 heavy (non-hydrogen) atoms. The second kappa shape index (κ2) is 4.88. The van der Waals surface area contributed by atoms with E-state index in [1.165, 1.54) is 30.8 Å². The van der Waals surface area contributed by atoms with E-state index in [1.807, 2.05) is 0 Å². The topological polar surface area (TPSA) is 6.48 Å². The first kappa shape index (κ1) is 11.5. The van der Waals surface area contributed by atoms with Crippen molar-refractivity contribution in [1.29, 1.82) is 0 Å². The van der Waals surface area contributed by atoms with E-state index < -0.39 is 0 Å². The molecule has 1 aromatic carbocycles. The molecule has 0 saturated carbocycles. The highest BCUT2D eigenvalue weighted by Crippen LogP contribution is 2.22. The molecule has 0 radical (unpaired) electrons. The molecule has 88 valence electrons. The lowest BCUT2D eigenvalue weighted by molar-refractivity contribution is 0.315. The highest BCUT2D eigenvalue weighted by molar-refractivity contribution is 5.48. The fourth-order valence-corrected chi connectivity index (χ4v) is 2.34. The molecule has 1 atom stereocenters. The zero-order chi connectivity index (χ0) is 11.5. The van der Waals surface area contributed by atoms with Gasteiger partial charge in [0.15, 0.2) is 0 Å². The average molecular weight is 218 g/mol. The molecule has 2 heteroatoms. The summed E-state index contributed by atoms with van der Waals surface area (Å²) in [4.78, 5) is 4.82. The molecule has 0 unspecified atom stereocenters. The first-order valence-corrected chi connectivity index (χ1v) is 6.21. The molecule has 0 bridgehead atoms. The van der Waals surface area contributed by atoms with Crippen LogP contribution in [0.3, 0.4) is 0 Å². The molecule has 0 amide bonds. The highest BCUT2D eigenvalue weighted by Gasteiger charge is 2.23. The first-order chi connectivity index (χ1) is 7.70. The summed E-state index contributed by atoms with van der Waals surface area (Å²) in [5.74, 6) is 0. The van der Waals surface area contributed by atoms with Crippen molar-refractivity contribution < 1.29 is 0 Å². The van der Waals surface area contributed by atoms with E-state index in [0.717, 1.165) is 6.42 Å². The van der Waals surface area contributed by atoms with Crippen molar-refractivity contribution >= 4 is 5.69 Å². The minimum absolute atomic E-state index is 0.714. The number of benzene rings is 1. The van der Waals surface area contributed by atoms with Crippen molar-refractivity contribution in [1.82, 2.24) is 4.90 Å². The van der Waals surface area contributed by atoms with E-state index in [-0.39, 0.29) is 0 Å². The minimum Gasteiger partial charge on any atom is -0.370 e. The van der Waals surface area contributed by atoms with E-state index in [1.54, 1.807) is 0 Å². The van der Waals surface area contributed by atoms with E-state index in [0.29, 0.717) is 6.04 Å². The average Bonchev–Trinajstić information content (AvgIpc) is 2.78. The first-order valence-electron chi connectivity index (χ1n) is 6.21. The number of hydrogen-bond donors (Lipinski definition) is 0. The number of aryl methyl sites for hydroxylation is 1. The zero-order valence-corrected chi connectivity index (χ0v) is 10.6. The summed E-state index contributed by atoms with van der Waals surface area (Å²) in [6, 6.07) is 9.73. The Labute approximate surface area is 98.9 Å². The van der Waals surface area contributed by atoms with Gasteiger partial charge in [-0.15, -0.1) is 0 Å². The Kier molecular flexibility index (Phi) is 3.49. The number of rotatable bonds is 3. The Hall–Kier alpha value is -1.02. The molecular weight excluding hydrogens is 196 g/mol. The number of nitrogens with zero attached hydrogens (tertiary/aromatic N) is 2. The molecule has 1 heterocycles. The molecule has 0 spiro atoms. The van der Waals surface area contributed by atoms with Gasteiger partial charge < -0.3 is 9.80 Å². The van der Waals surface area contributed by atoms with Gasteiger partial charge in [-0.05, 0) is 44.6 Å². The van der Waals surface area contributed by atoms with Gasteiger partial charge in [-0.1, -0.05) is 19.1 Å². The summed E-state index contributed by atoms with van der Waals surface area (Å²) in [6.45, 7) is 4.56. The molecular formula is C14H22N2. The number of hydrogen-bond acceptors (Lipinski definition) is 2. The Bertz CT molecular complexity index is 329. The molecule has 1 fully saturated rings. The Morgan fingerprint density at radius 3 is 2.44 bits per heavy atom. The van der Waals surface area contributed by atoms with E-state index in [4.69, 9.17) is 0 Å². The van der Waals surface area contributed by atoms with Gasteiger partial charge in [-0.25, -0.2) is 0 Å². The normalized spacial score (nSPS) is 20.8. The molecule has 2 nitrogen and oxygen atoms in total. The third-order valence-corrected chi connectivity index (χ3v) is 3.60. The van der Waals surface area contributed by atoms with Crippen LogP contribution in [0.5, 0.6) is 0 Å².